The van der Waals surface area contributed by atoms with Gasteiger partial charge in [-0.15, -0.1) is 0 Å². The van der Waals surface area contributed by atoms with Crippen LogP contribution in [-0.4, -0.2) is 17.9 Å². The minimum absolute atomic E-state index is 0.0591. The first-order valence-corrected chi connectivity index (χ1v) is 7.21. The lowest BCUT2D eigenvalue weighted by molar-refractivity contribution is 0.0992. The predicted molar refractivity (Wildman–Crippen MR) is 90.9 cm³/mol. The molecule has 1 amide bonds. The lowest BCUT2D eigenvalue weighted by Gasteiger charge is -2.21. The maximum absolute atomic E-state index is 12.7. The molecule has 0 bridgehead atoms. The molecule has 2 N–H and O–H groups in total. The van der Waals surface area contributed by atoms with Crippen LogP contribution in [0.2, 0.25) is 0 Å². The molecule has 0 spiro atoms. The second-order valence-corrected chi connectivity index (χ2v) is 5.20. The van der Waals surface area contributed by atoms with Crippen LogP contribution < -0.4 is 10.6 Å². The van der Waals surface area contributed by atoms with Crippen LogP contribution in [-0.2, 0) is 6.42 Å². The van der Waals surface area contributed by atoms with E-state index in [0.29, 0.717) is 11.1 Å². The zero-order valence-electron chi connectivity index (χ0n) is 12.2. The highest BCUT2D eigenvalue weighted by atomic mass is 32.1. The predicted octanol–water partition coefficient (Wildman–Crippen LogP) is 3.16. The van der Waals surface area contributed by atoms with E-state index in [1.807, 2.05) is 55.5 Å². The fourth-order valence-electron chi connectivity index (χ4n) is 2.30. The Labute approximate surface area is 130 Å². The van der Waals surface area contributed by atoms with Gasteiger partial charge in [-0.05, 0) is 30.2 Å². The van der Waals surface area contributed by atoms with Crippen molar-refractivity contribution in [3.63, 3.8) is 0 Å². The SMILES string of the molecule is CCc1ccccc1C(=O)N(C)c1ccccc1C(N)=S. The summed E-state index contributed by atoms with van der Waals surface area (Å²) in [6, 6.07) is 15.0. The quantitative estimate of drug-likeness (QED) is 0.882. The average molecular weight is 298 g/mol. The number of rotatable bonds is 4. The summed E-state index contributed by atoms with van der Waals surface area (Å²) in [7, 11) is 1.74. The molecule has 4 heteroatoms. The third kappa shape index (κ3) is 3.11. The van der Waals surface area contributed by atoms with Crippen molar-refractivity contribution in [1.29, 1.82) is 0 Å². The Bertz CT molecular complexity index is 682. The Morgan fingerprint density at radius 1 is 1.10 bits per heavy atom. The molecule has 0 heterocycles. The maximum Gasteiger partial charge on any atom is 0.258 e. The number of para-hydroxylation sites is 1. The van der Waals surface area contributed by atoms with Crippen LogP contribution in [0.3, 0.4) is 0 Å². The minimum Gasteiger partial charge on any atom is -0.389 e. The topological polar surface area (TPSA) is 46.3 Å². The number of nitrogens with zero attached hydrogens (tertiary/aromatic N) is 1. The smallest absolute Gasteiger partial charge is 0.258 e. The van der Waals surface area contributed by atoms with E-state index in [9.17, 15) is 4.79 Å². The van der Waals surface area contributed by atoms with Crippen molar-refractivity contribution < 1.29 is 4.79 Å². The summed E-state index contributed by atoms with van der Waals surface area (Å²) in [5.74, 6) is -0.0591. The van der Waals surface area contributed by atoms with Gasteiger partial charge < -0.3 is 10.6 Å². The number of thiocarbonyl (C=S) groups is 1. The van der Waals surface area contributed by atoms with Crippen LogP contribution in [0.25, 0.3) is 0 Å². The molecule has 0 aliphatic heterocycles. The van der Waals surface area contributed by atoms with Crippen LogP contribution in [0.1, 0.15) is 28.4 Å². The van der Waals surface area contributed by atoms with Crippen LogP contribution >= 0.6 is 12.2 Å². The average Bonchev–Trinajstić information content (AvgIpc) is 2.53. The summed E-state index contributed by atoms with van der Waals surface area (Å²) in [5.41, 5.74) is 8.91. The molecule has 0 unspecified atom stereocenters. The van der Waals surface area contributed by atoms with Crippen LogP contribution in [0, 0.1) is 0 Å². The van der Waals surface area contributed by atoms with Crippen molar-refractivity contribution in [2.24, 2.45) is 5.73 Å². The number of anilines is 1. The molecule has 2 rings (SSSR count). The highest BCUT2D eigenvalue weighted by molar-refractivity contribution is 7.80. The van der Waals surface area contributed by atoms with Crippen LogP contribution in [0.5, 0.6) is 0 Å². The summed E-state index contributed by atoms with van der Waals surface area (Å²) in [4.78, 5) is 14.6. The number of benzene rings is 2. The third-order valence-corrected chi connectivity index (χ3v) is 3.68. The molecule has 21 heavy (non-hydrogen) atoms. The molecule has 3 nitrogen and oxygen atoms in total. The van der Waals surface area contributed by atoms with Crippen molar-refractivity contribution in [3.05, 3.63) is 65.2 Å². The summed E-state index contributed by atoms with van der Waals surface area (Å²) < 4.78 is 0. The van der Waals surface area contributed by atoms with Gasteiger partial charge in [-0.3, -0.25) is 4.79 Å². The van der Waals surface area contributed by atoms with Crippen molar-refractivity contribution in [2.75, 3.05) is 11.9 Å². The largest absolute Gasteiger partial charge is 0.389 e. The zero-order chi connectivity index (χ0) is 15.4. The normalized spacial score (nSPS) is 10.2. The Hall–Kier alpha value is -2.20. The molecule has 2 aromatic carbocycles. The minimum atomic E-state index is -0.0591. The molecule has 0 radical (unpaired) electrons. The standard InChI is InChI=1S/C17H18N2OS/c1-3-12-8-4-5-9-13(12)17(20)19(2)15-11-7-6-10-14(15)16(18)21/h4-11H,3H2,1-2H3,(H2,18,21). The van der Waals surface area contributed by atoms with Gasteiger partial charge in [0.2, 0.25) is 0 Å². The Kier molecular flexibility index (Phi) is 4.70. The van der Waals surface area contributed by atoms with Gasteiger partial charge in [0.25, 0.3) is 5.91 Å². The number of hydrogen-bond donors (Lipinski definition) is 1. The molecular formula is C17H18N2OS. The second-order valence-electron chi connectivity index (χ2n) is 4.76. The van der Waals surface area contributed by atoms with Gasteiger partial charge in [0.1, 0.15) is 4.99 Å². The summed E-state index contributed by atoms with van der Waals surface area (Å²) in [5, 5.41) is 0. The van der Waals surface area contributed by atoms with E-state index in [1.54, 1.807) is 11.9 Å². The van der Waals surface area contributed by atoms with Gasteiger partial charge in [-0.2, -0.15) is 0 Å². The van der Waals surface area contributed by atoms with E-state index in [2.05, 4.69) is 0 Å². The molecule has 108 valence electrons. The molecular weight excluding hydrogens is 280 g/mol. The van der Waals surface area contributed by atoms with Crippen molar-refractivity contribution in [1.82, 2.24) is 0 Å². The Balaban J connectivity index is 2.43. The fourth-order valence-corrected chi connectivity index (χ4v) is 2.47. The number of amides is 1. The van der Waals surface area contributed by atoms with Gasteiger partial charge in [0, 0.05) is 18.2 Å². The van der Waals surface area contributed by atoms with Crippen molar-refractivity contribution >= 4 is 28.8 Å². The number of aryl methyl sites for hydroxylation is 1. The maximum atomic E-state index is 12.7. The van der Waals surface area contributed by atoms with E-state index in [4.69, 9.17) is 18.0 Å². The van der Waals surface area contributed by atoms with E-state index in [1.165, 1.54) is 0 Å². The monoisotopic (exact) mass is 298 g/mol. The molecule has 0 saturated carbocycles. The molecule has 0 aromatic heterocycles. The van der Waals surface area contributed by atoms with E-state index < -0.39 is 0 Å². The molecule has 0 aliphatic rings. The van der Waals surface area contributed by atoms with Crippen LogP contribution in [0.4, 0.5) is 5.69 Å². The lowest BCUT2D eigenvalue weighted by atomic mass is 10.0. The van der Waals surface area contributed by atoms with Crippen LogP contribution in [0.15, 0.2) is 48.5 Å². The first kappa shape index (κ1) is 15.2. The number of carbonyl (C=O) groups excluding carboxylic acids is 1. The third-order valence-electron chi connectivity index (χ3n) is 3.46. The summed E-state index contributed by atoms with van der Waals surface area (Å²) in [6.45, 7) is 2.04. The first-order valence-electron chi connectivity index (χ1n) is 6.81. The number of hydrogen-bond acceptors (Lipinski definition) is 2. The fraction of sp³-hybridized carbons (Fsp3) is 0.176. The van der Waals surface area contributed by atoms with Gasteiger partial charge in [-0.25, -0.2) is 0 Å². The Morgan fingerprint density at radius 3 is 2.29 bits per heavy atom. The highest BCUT2D eigenvalue weighted by Crippen LogP contribution is 2.22. The van der Waals surface area contributed by atoms with Crippen molar-refractivity contribution in [2.45, 2.75) is 13.3 Å². The van der Waals surface area contributed by atoms with E-state index in [0.717, 1.165) is 17.7 Å². The summed E-state index contributed by atoms with van der Waals surface area (Å²) in [6.07, 6.45) is 0.812. The van der Waals surface area contributed by atoms with Gasteiger partial charge in [0.05, 0.1) is 5.69 Å². The second kappa shape index (κ2) is 6.50. The Morgan fingerprint density at radius 2 is 1.67 bits per heavy atom. The number of nitrogens with two attached hydrogens (primary N) is 1. The molecule has 0 aliphatic carbocycles. The van der Waals surface area contributed by atoms with Gasteiger partial charge >= 0.3 is 0 Å². The highest BCUT2D eigenvalue weighted by Gasteiger charge is 2.18. The molecule has 0 fully saturated rings. The zero-order valence-corrected chi connectivity index (χ0v) is 13.0. The number of carbonyl (C=O) groups is 1. The molecule has 2 aromatic rings. The van der Waals surface area contributed by atoms with E-state index >= 15 is 0 Å². The summed E-state index contributed by atoms with van der Waals surface area (Å²) >= 11 is 5.06. The van der Waals surface area contributed by atoms with Gasteiger partial charge in [0.15, 0.2) is 0 Å². The molecule has 0 saturated heterocycles. The first-order chi connectivity index (χ1) is 10.1. The molecule has 0 atom stereocenters. The lowest BCUT2D eigenvalue weighted by Crippen LogP contribution is -2.29. The van der Waals surface area contributed by atoms with Crippen molar-refractivity contribution in [3.8, 4) is 0 Å². The van der Waals surface area contributed by atoms with Gasteiger partial charge in [-0.1, -0.05) is 49.5 Å². The van der Waals surface area contributed by atoms with E-state index in [-0.39, 0.29) is 10.9 Å².